The molecule has 4 rings (SSSR count). The summed E-state index contributed by atoms with van der Waals surface area (Å²) in [6.07, 6.45) is 13.8. The van der Waals surface area contributed by atoms with E-state index in [-0.39, 0.29) is 0 Å². The first-order valence-electron chi connectivity index (χ1n) is 11.2. The zero-order valence-electron chi connectivity index (χ0n) is 17.7. The zero-order chi connectivity index (χ0) is 19.1. The molecule has 0 aromatic heterocycles. The van der Waals surface area contributed by atoms with Crippen LogP contribution < -0.4 is 5.32 Å². The lowest BCUT2D eigenvalue weighted by atomic mass is 9.47. The minimum Gasteiger partial charge on any atom is -0.396 e. The number of nitrogens with one attached hydrogen (secondary N) is 1. The zero-order valence-corrected chi connectivity index (χ0v) is 17.7. The van der Waals surface area contributed by atoms with E-state index in [4.69, 9.17) is 4.84 Å². The Morgan fingerprint density at radius 3 is 2.74 bits per heavy atom. The lowest BCUT2D eigenvalue weighted by Crippen LogP contribution is -2.49. The molecule has 0 radical (unpaired) electrons. The predicted molar refractivity (Wildman–Crippen MR) is 113 cm³/mol. The summed E-state index contributed by atoms with van der Waals surface area (Å²) in [4.78, 5) is 5.57. The maximum Gasteiger partial charge on any atom is 0.118 e. The monoisotopic (exact) mass is 370 g/mol. The second-order valence-corrected chi connectivity index (χ2v) is 9.97. The highest BCUT2D eigenvalue weighted by atomic mass is 16.6. The highest BCUT2D eigenvalue weighted by Gasteiger charge is 2.57. The van der Waals surface area contributed by atoms with Gasteiger partial charge in [0.05, 0.1) is 5.71 Å². The molecule has 0 bridgehead atoms. The van der Waals surface area contributed by atoms with E-state index in [0.29, 0.717) is 17.4 Å². The Labute approximate surface area is 165 Å². The average Bonchev–Trinajstić information content (AvgIpc) is 2.97. The maximum atomic E-state index is 5.57. The lowest BCUT2D eigenvalue weighted by Gasteiger charge is -2.57. The number of allylic oxidation sites excluding steroid dienone is 3. The van der Waals surface area contributed by atoms with Crippen molar-refractivity contribution in [2.45, 2.75) is 71.6 Å². The second kappa shape index (κ2) is 7.39. The van der Waals surface area contributed by atoms with Gasteiger partial charge in [0.2, 0.25) is 0 Å². The molecule has 3 nitrogen and oxygen atoms in total. The molecule has 4 aliphatic rings. The SMILES string of the molecule is C=C1CCC2C3CCC4=CC(=NOCCCNC)CC[C@]4(C)C3CC[C@]12C. The van der Waals surface area contributed by atoms with Gasteiger partial charge in [-0.1, -0.05) is 36.7 Å². The fraction of sp³-hybridized carbons (Fsp3) is 0.792. The number of nitrogens with zero attached hydrogens (tertiary/aromatic N) is 1. The van der Waals surface area contributed by atoms with Crippen LogP contribution in [0.4, 0.5) is 0 Å². The summed E-state index contributed by atoms with van der Waals surface area (Å²) >= 11 is 0. The van der Waals surface area contributed by atoms with Crippen LogP contribution >= 0.6 is 0 Å². The number of hydrogen-bond donors (Lipinski definition) is 1. The van der Waals surface area contributed by atoms with Crippen LogP contribution in [0.2, 0.25) is 0 Å². The summed E-state index contributed by atoms with van der Waals surface area (Å²) in [5.74, 6) is 2.65. The molecule has 0 heterocycles. The van der Waals surface area contributed by atoms with E-state index in [2.05, 4.69) is 37.0 Å². The highest BCUT2D eigenvalue weighted by Crippen LogP contribution is 2.66. The van der Waals surface area contributed by atoms with Crippen LogP contribution in [0.15, 0.2) is 29.0 Å². The molecule has 0 aromatic rings. The predicted octanol–water partition coefficient (Wildman–Crippen LogP) is 5.49. The second-order valence-electron chi connectivity index (χ2n) is 9.97. The van der Waals surface area contributed by atoms with Crippen molar-refractivity contribution in [2.75, 3.05) is 20.2 Å². The molecule has 5 atom stereocenters. The Morgan fingerprint density at radius 1 is 1.11 bits per heavy atom. The van der Waals surface area contributed by atoms with Crippen molar-refractivity contribution >= 4 is 5.71 Å². The topological polar surface area (TPSA) is 33.6 Å². The third kappa shape index (κ3) is 3.20. The van der Waals surface area contributed by atoms with E-state index in [1.807, 2.05) is 7.05 Å². The molecule has 0 amide bonds. The van der Waals surface area contributed by atoms with Gasteiger partial charge in [0.1, 0.15) is 6.61 Å². The number of oxime groups is 1. The molecular weight excluding hydrogens is 332 g/mol. The first kappa shape index (κ1) is 19.2. The number of fused-ring (bicyclic) bond motifs is 5. The standard InChI is InChI=1S/C24H38N2O/c1-17-6-9-21-20-8-7-18-16-19(26-27-15-5-14-25-4)10-12-24(18,3)22(20)11-13-23(17,21)2/h16,20-22,25H,1,5-15H2,2-4H3/t20?,21?,22?,23-,24+/m1/s1. The summed E-state index contributed by atoms with van der Waals surface area (Å²) in [6, 6.07) is 0. The van der Waals surface area contributed by atoms with Crippen LogP contribution in [0, 0.1) is 28.6 Å². The van der Waals surface area contributed by atoms with Gasteiger partial charge in [-0.3, -0.25) is 0 Å². The average molecular weight is 371 g/mol. The van der Waals surface area contributed by atoms with Gasteiger partial charge < -0.3 is 10.2 Å². The van der Waals surface area contributed by atoms with Crippen LogP contribution in [0.25, 0.3) is 0 Å². The number of rotatable bonds is 5. The largest absolute Gasteiger partial charge is 0.396 e. The van der Waals surface area contributed by atoms with Crippen LogP contribution in [0.3, 0.4) is 0 Å². The minimum atomic E-state index is 0.388. The highest BCUT2D eigenvalue weighted by molar-refractivity contribution is 5.96. The summed E-state index contributed by atoms with van der Waals surface area (Å²) in [5, 5.41) is 7.61. The maximum absolute atomic E-state index is 5.57. The molecule has 0 saturated heterocycles. The lowest BCUT2D eigenvalue weighted by molar-refractivity contribution is -0.0226. The minimum absolute atomic E-state index is 0.388. The van der Waals surface area contributed by atoms with Gasteiger partial charge >= 0.3 is 0 Å². The van der Waals surface area contributed by atoms with Crippen molar-refractivity contribution in [3.05, 3.63) is 23.8 Å². The molecular formula is C24H38N2O. The van der Waals surface area contributed by atoms with E-state index >= 15 is 0 Å². The van der Waals surface area contributed by atoms with Crippen molar-refractivity contribution in [1.82, 2.24) is 5.32 Å². The molecule has 3 unspecified atom stereocenters. The van der Waals surface area contributed by atoms with Gasteiger partial charge in [-0.05, 0) is 106 Å². The smallest absolute Gasteiger partial charge is 0.118 e. The van der Waals surface area contributed by atoms with E-state index in [1.54, 1.807) is 11.1 Å². The first-order valence-corrected chi connectivity index (χ1v) is 11.2. The Bertz CT molecular complexity index is 651. The fourth-order valence-electron chi connectivity index (χ4n) is 6.99. The van der Waals surface area contributed by atoms with Crippen molar-refractivity contribution in [3.8, 4) is 0 Å². The molecule has 0 aromatic carbocycles. The van der Waals surface area contributed by atoms with Gasteiger partial charge in [0.25, 0.3) is 0 Å². The van der Waals surface area contributed by atoms with Crippen LogP contribution in [0.1, 0.15) is 71.6 Å². The van der Waals surface area contributed by atoms with Gasteiger partial charge in [0, 0.05) is 0 Å². The summed E-state index contributed by atoms with van der Waals surface area (Å²) in [7, 11) is 1.98. The molecule has 0 aliphatic heterocycles. The Balaban J connectivity index is 1.48. The summed E-state index contributed by atoms with van der Waals surface area (Å²) in [6.45, 7) is 11.2. The van der Waals surface area contributed by atoms with Gasteiger partial charge in [-0.25, -0.2) is 0 Å². The molecule has 0 spiro atoms. The summed E-state index contributed by atoms with van der Waals surface area (Å²) in [5.41, 5.74) is 5.19. The quantitative estimate of drug-likeness (QED) is 0.394. The molecule has 4 aliphatic carbocycles. The third-order valence-corrected chi connectivity index (χ3v) is 8.78. The first-order chi connectivity index (χ1) is 13.0. The number of hydrogen-bond acceptors (Lipinski definition) is 3. The van der Waals surface area contributed by atoms with Crippen molar-refractivity contribution in [1.29, 1.82) is 0 Å². The molecule has 3 fully saturated rings. The Hall–Kier alpha value is -1.09. The van der Waals surface area contributed by atoms with E-state index < -0.39 is 0 Å². The third-order valence-electron chi connectivity index (χ3n) is 8.78. The van der Waals surface area contributed by atoms with E-state index in [9.17, 15) is 0 Å². The van der Waals surface area contributed by atoms with Crippen LogP contribution in [0.5, 0.6) is 0 Å². The van der Waals surface area contributed by atoms with Crippen molar-refractivity contribution in [2.24, 2.45) is 33.7 Å². The Kier molecular flexibility index (Phi) is 5.26. The normalized spacial score (nSPS) is 42.3. The van der Waals surface area contributed by atoms with Crippen LogP contribution in [-0.4, -0.2) is 25.9 Å². The van der Waals surface area contributed by atoms with Gasteiger partial charge in [0.15, 0.2) is 0 Å². The van der Waals surface area contributed by atoms with Crippen LogP contribution in [-0.2, 0) is 4.84 Å². The summed E-state index contributed by atoms with van der Waals surface area (Å²) < 4.78 is 0. The Morgan fingerprint density at radius 2 is 1.93 bits per heavy atom. The molecule has 150 valence electrons. The van der Waals surface area contributed by atoms with Crippen molar-refractivity contribution in [3.63, 3.8) is 0 Å². The fourth-order valence-corrected chi connectivity index (χ4v) is 6.99. The van der Waals surface area contributed by atoms with Gasteiger partial charge in [-0.2, -0.15) is 0 Å². The molecule has 3 saturated carbocycles. The molecule has 1 N–H and O–H groups in total. The van der Waals surface area contributed by atoms with Crippen molar-refractivity contribution < 1.29 is 4.84 Å². The molecule has 27 heavy (non-hydrogen) atoms. The van der Waals surface area contributed by atoms with E-state index in [1.165, 1.54) is 50.7 Å². The van der Waals surface area contributed by atoms with Gasteiger partial charge in [-0.15, -0.1) is 0 Å². The molecule has 3 heteroatoms. The van der Waals surface area contributed by atoms with E-state index in [0.717, 1.165) is 37.1 Å².